The SMILES string of the molecule is O=C1OCCC1NCN1CCCC(CN=C2NNCC3=CC#CCC=C32)C1. The third-order valence-electron chi connectivity index (χ3n) is 5.45. The second-order valence-corrected chi connectivity index (χ2v) is 7.44. The Balaban J connectivity index is 1.30. The molecule has 0 bridgehead atoms. The number of ether oxygens (including phenoxy) is 1. The summed E-state index contributed by atoms with van der Waals surface area (Å²) < 4.78 is 5.02. The molecule has 0 aromatic rings. The van der Waals surface area contributed by atoms with Gasteiger partial charge in [0, 0.05) is 44.7 Å². The van der Waals surface area contributed by atoms with Gasteiger partial charge in [0.15, 0.2) is 0 Å². The van der Waals surface area contributed by atoms with Crippen LogP contribution in [-0.2, 0) is 9.53 Å². The average Bonchev–Trinajstić information content (AvgIpc) is 2.95. The highest BCUT2D eigenvalue weighted by Gasteiger charge is 2.27. The van der Waals surface area contributed by atoms with Crippen LogP contribution in [0.15, 0.2) is 28.3 Å². The zero-order valence-corrected chi connectivity index (χ0v) is 15.6. The molecule has 0 saturated carbocycles. The van der Waals surface area contributed by atoms with Crippen molar-refractivity contribution in [2.75, 3.05) is 39.5 Å². The number of hydrazine groups is 1. The van der Waals surface area contributed by atoms with Crippen molar-refractivity contribution in [1.29, 1.82) is 0 Å². The lowest BCUT2D eigenvalue weighted by Crippen LogP contribution is -2.47. The van der Waals surface area contributed by atoms with Crippen molar-refractivity contribution in [2.45, 2.75) is 31.7 Å². The Kier molecular flexibility index (Phi) is 5.87. The molecule has 3 aliphatic heterocycles. The van der Waals surface area contributed by atoms with Crippen LogP contribution in [0.25, 0.3) is 0 Å². The molecule has 1 aliphatic carbocycles. The lowest BCUT2D eigenvalue weighted by molar-refractivity contribution is -0.139. The third kappa shape index (κ3) is 4.59. The van der Waals surface area contributed by atoms with Crippen LogP contribution in [0.3, 0.4) is 0 Å². The molecule has 0 amide bonds. The zero-order chi connectivity index (χ0) is 18.5. The normalized spacial score (nSPS) is 29.6. The second-order valence-electron chi connectivity index (χ2n) is 7.44. The first-order valence-electron chi connectivity index (χ1n) is 9.83. The number of esters is 1. The molecule has 144 valence electrons. The predicted molar refractivity (Wildman–Crippen MR) is 104 cm³/mol. The molecular formula is C20H27N5O2. The molecule has 7 nitrogen and oxygen atoms in total. The molecule has 3 saturated heterocycles. The van der Waals surface area contributed by atoms with Gasteiger partial charge >= 0.3 is 5.97 Å². The molecule has 0 aromatic heterocycles. The van der Waals surface area contributed by atoms with Crippen molar-refractivity contribution in [2.24, 2.45) is 10.9 Å². The summed E-state index contributed by atoms with van der Waals surface area (Å²) in [6, 6.07) is -0.141. The number of rotatable bonds is 5. The Bertz CT molecular complexity index is 730. The molecule has 27 heavy (non-hydrogen) atoms. The van der Waals surface area contributed by atoms with Crippen LogP contribution in [0.5, 0.6) is 0 Å². The summed E-state index contributed by atoms with van der Waals surface area (Å²) in [6.45, 7) is 4.92. The summed E-state index contributed by atoms with van der Waals surface area (Å²) in [5, 5.41) is 3.33. The number of aliphatic imine (C=N–C) groups is 1. The Morgan fingerprint density at radius 3 is 3.26 bits per heavy atom. The molecule has 0 radical (unpaired) electrons. The van der Waals surface area contributed by atoms with E-state index < -0.39 is 0 Å². The summed E-state index contributed by atoms with van der Waals surface area (Å²) >= 11 is 0. The zero-order valence-electron chi connectivity index (χ0n) is 15.6. The second kappa shape index (κ2) is 8.70. The summed E-state index contributed by atoms with van der Waals surface area (Å²) in [5.41, 5.74) is 8.79. The Labute approximate surface area is 160 Å². The van der Waals surface area contributed by atoms with Gasteiger partial charge in [-0.25, -0.2) is 5.43 Å². The first kappa shape index (κ1) is 18.2. The minimum Gasteiger partial charge on any atom is -0.464 e. The van der Waals surface area contributed by atoms with E-state index >= 15 is 0 Å². The molecule has 3 fully saturated rings. The fourth-order valence-electron chi connectivity index (χ4n) is 3.95. The number of nitrogens with zero attached hydrogens (tertiary/aromatic N) is 2. The van der Waals surface area contributed by atoms with Gasteiger partial charge in [0.2, 0.25) is 0 Å². The molecule has 2 unspecified atom stereocenters. The first-order chi connectivity index (χ1) is 13.3. The number of amidine groups is 1. The van der Waals surface area contributed by atoms with Gasteiger partial charge in [0.25, 0.3) is 0 Å². The van der Waals surface area contributed by atoms with Crippen LogP contribution < -0.4 is 16.2 Å². The van der Waals surface area contributed by atoms with Crippen molar-refractivity contribution >= 4 is 11.8 Å². The van der Waals surface area contributed by atoms with Crippen molar-refractivity contribution in [1.82, 2.24) is 21.1 Å². The summed E-state index contributed by atoms with van der Waals surface area (Å²) in [7, 11) is 0. The maximum absolute atomic E-state index is 11.6. The molecule has 0 spiro atoms. The molecule has 4 aliphatic rings. The van der Waals surface area contributed by atoms with E-state index in [-0.39, 0.29) is 12.0 Å². The maximum Gasteiger partial charge on any atom is 0.323 e. The molecule has 3 N–H and O–H groups in total. The number of carbonyl (C=O) groups excluding carboxylic acids is 1. The van der Waals surface area contributed by atoms with Crippen molar-refractivity contribution in [3.05, 3.63) is 23.3 Å². The fourth-order valence-corrected chi connectivity index (χ4v) is 3.95. The highest BCUT2D eigenvalue weighted by atomic mass is 16.5. The van der Waals surface area contributed by atoms with Crippen LogP contribution in [-0.4, -0.2) is 62.2 Å². The fraction of sp³-hybridized carbons (Fsp3) is 0.600. The van der Waals surface area contributed by atoms with Gasteiger partial charge in [-0.15, -0.1) is 0 Å². The largest absolute Gasteiger partial charge is 0.464 e. The molecule has 4 rings (SSSR count). The molecule has 7 heteroatoms. The Morgan fingerprint density at radius 2 is 2.37 bits per heavy atom. The van der Waals surface area contributed by atoms with Gasteiger partial charge in [-0.05, 0) is 37.0 Å². The van der Waals surface area contributed by atoms with Crippen molar-refractivity contribution in [3.8, 4) is 11.8 Å². The molecule has 3 heterocycles. The minimum absolute atomic E-state index is 0.115. The quantitative estimate of drug-likeness (QED) is 0.479. The van der Waals surface area contributed by atoms with E-state index in [4.69, 9.17) is 9.73 Å². The number of hydrogen-bond acceptors (Lipinski definition) is 6. The van der Waals surface area contributed by atoms with Crippen LogP contribution in [0.4, 0.5) is 0 Å². The van der Waals surface area contributed by atoms with Gasteiger partial charge in [0.1, 0.15) is 11.9 Å². The summed E-state index contributed by atoms with van der Waals surface area (Å²) in [6.07, 6.45) is 8.05. The Hall–Kier alpha value is -2.14. The van der Waals surface area contributed by atoms with Crippen LogP contribution >= 0.6 is 0 Å². The number of carbonyl (C=O) groups is 1. The van der Waals surface area contributed by atoms with Crippen LogP contribution in [0, 0.1) is 17.8 Å². The van der Waals surface area contributed by atoms with E-state index in [9.17, 15) is 4.79 Å². The lowest BCUT2D eigenvalue weighted by atomic mass is 9.98. The number of nitrogens with one attached hydrogen (secondary N) is 3. The monoisotopic (exact) mass is 369 g/mol. The summed E-state index contributed by atoms with van der Waals surface area (Å²) in [5.74, 6) is 7.53. The van der Waals surface area contributed by atoms with Crippen LogP contribution in [0.2, 0.25) is 0 Å². The highest BCUT2D eigenvalue weighted by Crippen LogP contribution is 2.19. The van der Waals surface area contributed by atoms with E-state index in [0.29, 0.717) is 12.5 Å². The first-order valence-corrected chi connectivity index (χ1v) is 9.83. The predicted octanol–water partition coefficient (Wildman–Crippen LogP) is 0.327. The standard InChI is InChI=1S/C20H27N5O2/c26-20-18(8-10-27-20)22-14-25-9-4-5-15(13-25)11-21-19-17-7-3-1-2-6-16(17)12-23-24-19/h6-7,15,18,22-23H,3-5,8-14H2,(H,21,24). The molecular weight excluding hydrogens is 342 g/mol. The average molecular weight is 369 g/mol. The van der Waals surface area contributed by atoms with Crippen LogP contribution in [0.1, 0.15) is 25.7 Å². The Morgan fingerprint density at radius 1 is 1.41 bits per heavy atom. The maximum atomic E-state index is 11.6. The third-order valence-corrected chi connectivity index (χ3v) is 5.45. The van der Waals surface area contributed by atoms with E-state index in [0.717, 1.165) is 51.5 Å². The number of allylic oxidation sites excluding steroid dienone is 2. The minimum atomic E-state index is -0.141. The number of fused-ring (bicyclic) bond motifs is 1. The molecule has 2 atom stereocenters. The van der Waals surface area contributed by atoms with E-state index in [2.05, 4.69) is 39.0 Å². The van der Waals surface area contributed by atoms with Gasteiger partial charge < -0.3 is 10.2 Å². The van der Waals surface area contributed by atoms with E-state index in [1.165, 1.54) is 24.0 Å². The summed E-state index contributed by atoms with van der Waals surface area (Å²) in [4.78, 5) is 18.8. The van der Waals surface area contributed by atoms with E-state index in [1.54, 1.807) is 0 Å². The topological polar surface area (TPSA) is 78.0 Å². The number of piperidine rings is 1. The molecule has 0 aromatic carbocycles. The van der Waals surface area contributed by atoms with Crippen molar-refractivity contribution in [3.63, 3.8) is 0 Å². The van der Waals surface area contributed by atoms with E-state index in [1.807, 2.05) is 6.08 Å². The number of cyclic esters (lactones) is 1. The smallest absolute Gasteiger partial charge is 0.323 e. The number of likely N-dealkylation sites (tertiary alicyclic amines) is 1. The van der Waals surface area contributed by atoms with Gasteiger partial charge in [-0.2, -0.15) is 0 Å². The number of hydrogen-bond donors (Lipinski definition) is 3. The van der Waals surface area contributed by atoms with Crippen molar-refractivity contribution < 1.29 is 9.53 Å². The lowest BCUT2D eigenvalue weighted by Gasteiger charge is -2.33. The van der Waals surface area contributed by atoms with Gasteiger partial charge in [0.05, 0.1) is 6.61 Å². The highest BCUT2D eigenvalue weighted by molar-refractivity contribution is 6.03. The van der Waals surface area contributed by atoms with Gasteiger partial charge in [-0.1, -0.05) is 17.9 Å². The van der Waals surface area contributed by atoms with Gasteiger partial charge in [-0.3, -0.25) is 20.0 Å².